The van der Waals surface area contributed by atoms with E-state index < -0.39 is 14.9 Å². The fraction of sp³-hybridized carbons (Fsp3) is 0.538. The number of nitrogens with zero attached hydrogens (tertiary/aromatic N) is 2. The quantitative estimate of drug-likeness (QED) is 0.677. The summed E-state index contributed by atoms with van der Waals surface area (Å²) in [5, 5.41) is 16.2. The lowest BCUT2D eigenvalue weighted by atomic mass is 9.82. The lowest BCUT2D eigenvalue weighted by Crippen LogP contribution is -2.37. The van der Waals surface area contributed by atoms with Crippen molar-refractivity contribution < 1.29 is 13.3 Å². The smallest absolute Gasteiger partial charge is 0.293 e. The van der Waals surface area contributed by atoms with Gasteiger partial charge in [0.2, 0.25) is 10.0 Å². The van der Waals surface area contributed by atoms with Crippen LogP contribution < -0.4 is 10.0 Å². The Hall–Kier alpha value is -1.67. The number of hydrogen-bond donors (Lipinski definition) is 1. The average molecular weight is 313 g/mol. The number of nitro benzene ring substituents is 1. The van der Waals surface area contributed by atoms with Gasteiger partial charge in [-0.2, -0.15) is 0 Å². The normalized spacial score (nSPS) is 18.5. The maximum Gasteiger partial charge on any atom is 0.293 e. The van der Waals surface area contributed by atoms with Crippen LogP contribution in [0.15, 0.2) is 23.1 Å². The molecule has 0 radical (unpaired) electrons. The summed E-state index contributed by atoms with van der Waals surface area (Å²) in [6.45, 7) is 5.76. The van der Waals surface area contributed by atoms with Gasteiger partial charge in [-0.1, -0.05) is 13.8 Å². The molecule has 7 nitrogen and oxygen atoms in total. The highest BCUT2D eigenvalue weighted by molar-refractivity contribution is 7.89. The van der Waals surface area contributed by atoms with Crippen molar-refractivity contribution in [3.8, 4) is 0 Å². The van der Waals surface area contributed by atoms with Crippen LogP contribution >= 0.6 is 0 Å². The third kappa shape index (κ3) is 3.51. The molecule has 2 N–H and O–H groups in total. The summed E-state index contributed by atoms with van der Waals surface area (Å²) in [5.41, 5.74) is 0.454. The number of nitro groups is 1. The Morgan fingerprint density at radius 3 is 2.33 bits per heavy atom. The van der Waals surface area contributed by atoms with E-state index in [0.29, 0.717) is 18.8 Å². The van der Waals surface area contributed by atoms with Crippen LogP contribution in [0.2, 0.25) is 0 Å². The first-order valence-corrected chi connectivity index (χ1v) is 8.21. The van der Waals surface area contributed by atoms with Crippen LogP contribution in [0.4, 0.5) is 11.4 Å². The van der Waals surface area contributed by atoms with E-state index in [0.717, 1.165) is 18.9 Å². The van der Waals surface area contributed by atoms with Gasteiger partial charge in [0, 0.05) is 19.2 Å². The minimum absolute atomic E-state index is 0.221. The fourth-order valence-corrected chi connectivity index (χ4v) is 2.98. The Labute approximate surface area is 123 Å². The second-order valence-electron chi connectivity index (χ2n) is 6.10. The lowest BCUT2D eigenvalue weighted by molar-refractivity contribution is -0.384. The van der Waals surface area contributed by atoms with Crippen molar-refractivity contribution in [1.29, 1.82) is 0 Å². The molecule has 0 atom stereocenters. The highest BCUT2D eigenvalue weighted by atomic mass is 32.2. The van der Waals surface area contributed by atoms with Crippen molar-refractivity contribution >= 4 is 21.4 Å². The van der Waals surface area contributed by atoms with Gasteiger partial charge in [0.05, 0.1) is 9.82 Å². The number of anilines is 1. The molecule has 0 saturated carbocycles. The lowest BCUT2D eigenvalue weighted by Gasteiger charge is -2.37. The van der Waals surface area contributed by atoms with Crippen LogP contribution in [0.25, 0.3) is 0 Å². The monoisotopic (exact) mass is 313 g/mol. The van der Waals surface area contributed by atoms with Gasteiger partial charge < -0.3 is 4.90 Å². The molecule has 0 bridgehead atoms. The van der Waals surface area contributed by atoms with Crippen molar-refractivity contribution in [2.45, 2.75) is 31.6 Å². The van der Waals surface area contributed by atoms with E-state index in [1.807, 2.05) is 4.90 Å². The Bertz CT molecular complexity index is 660. The van der Waals surface area contributed by atoms with Crippen LogP contribution in [-0.2, 0) is 10.0 Å². The molecule has 1 heterocycles. The third-order valence-electron chi connectivity index (χ3n) is 3.93. The topological polar surface area (TPSA) is 107 Å². The second kappa shape index (κ2) is 5.27. The molecule has 0 aliphatic carbocycles. The molecule has 0 aromatic heterocycles. The Morgan fingerprint density at radius 2 is 1.86 bits per heavy atom. The third-order valence-corrected chi connectivity index (χ3v) is 4.84. The van der Waals surface area contributed by atoms with Gasteiger partial charge >= 0.3 is 0 Å². The van der Waals surface area contributed by atoms with Crippen molar-refractivity contribution in [3.05, 3.63) is 28.3 Å². The predicted molar refractivity (Wildman–Crippen MR) is 79.7 cm³/mol. The Kier molecular flexibility index (Phi) is 3.94. The molecule has 116 valence electrons. The van der Waals surface area contributed by atoms with Crippen molar-refractivity contribution in [3.63, 3.8) is 0 Å². The largest absolute Gasteiger partial charge is 0.366 e. The molecule has 0 amide bonds. The van der Waals surface area contributed by atoms with Crippen molar-refractivity contribution in [2.75, 3.05) is 18.0 Å². The van der Waals surface area contributed by atoms with Gasteiger partial charge in [-0.05, 0) is 30.4 Å². The minimum Gasteiger partial charge on any atom is -0.366 e. The summed E-state index contributed by atoms with van der Waals surface area (Å²) in [6.07, 6.45) is 1.86. The van der Waals surface area contributed by atoms with Crippen molar-refractivity contribution in [2.24, 2.45) is 10.6 Å². The van der Waals surface area contributed by atoms with E-state index in [4.69, 9.17) is 5.14 Å². The summed E-state index contributed by atoms with van der Waals surface area (Å²) in [5.74, 6) is 0. The SMILES string of the molecule is CC1(C)CCN(c2ccc(S(N)(=O)=O)cc2[N+](=O)[O-])CC1. The number of rotatable bonds is 3. The summed E-state index contributed by atoms with van der Waals surface area (Å²) >= 11 is 0. The van der Waals surface area contributed by atoms with Gasteiger partial charge in [0.25, 0.3) is 5.69 Å². The fourth-order valence-electron chi connectivity index (χ4n) is 2.45. The molecule has 1 saturated heterocycles. The van der Waals surface area contributed by atoms with Gasteiger partial charge in [0.1, 0.15) is 5.69 Å². The van der Waals surface area contributed by atoms with Crippen molar-refractivity contribution in [1.82, 2.24) is 0 Å². The standard InChI is InChI=1S/C13H19N3O4S/c1-13(2)5-7-15(8-6-13)11-4-3-10(21(14,19)20)9-12(11)16(17)18/h3-4,9H,5-8H2,1-2H3,(H2,14,19,20). The van der Waals surface area contributed by atoms with Crippen LogP contribution in [0, 0.1) is 15.5 Å². The zero-order valence-corrected chi connectivity index (χ0v) is 12.9. The van der Waals surface area contributed by atoms with Gasteiger partial charge in [-0.25, -0.2) is 13.6 Å². The van der Waals surface area contributed by atoms with Crippen LogP contribution in [0.1, 0.15) is 26.7 Å². The Morgan fingerprint density at radius 1 is 1.29 bits per heavy atom. The van der Waals surface area contributed by atoms with Crippen LogP contribution in [-0.4, -0.2) is 26.4 Å². The molecule has 8 heteroatoms. The molecule has 0 spiro atoms. The number of nitrogens with two attached hydrogens (primary N) is 1. The van der Waals surface area contributed by atoms with E-state index in [1.54, 1.807) is 0 Å². The van der Waals surface area contributed by atoms with E-state index in [-0.39, 0.29) is 16.0 Å². The second-order valence-corrected chi connectivity index (χ2v) is 7.67. The first-order valence-electron chi connectivity index (χ1n) is 6.66. The maximum atomic E-state index is 11.3. The zero-order chi connectivity index (χ0) is 15.8. The van der Waals surface area contributed by atoms with Gasteiger partial charge in [-0.15, -0.1) is 0 Å². The summed E-state index contributed by atoms with van der Waals surface area (Å²) in [7, 11) is -3.95. The highest BCUT2D eigenvalue weighted by Gasteiger charge is 2.29. The van der Waals surface area contributed by atoms with E-state index in [9.17, 15) is 18.5 Å². The minimum atomic E-state index is -3.95. The molecule has 0 unspecified atom stereocenters. The number of primary sulfonamides is 1. The highest BCUT2D eigenvalue weighted by Crippen LogP contribution is 2.36. The Balaban J connectivity index is 2.38. The first kappa shape index (κ1) is 15.7. The van der Waals surface area contributed by atoms with E-state index in [1.165, 1.54) is 12.1 Å². The van der Waals surface area contributed by atoms with Crippen LogP contribution in [0.3, 0.4) is 0 Å². The summed E-state index contributed by atoms with van der Waals surface area (Å²) in [4.78, 5) is 12.3. The van der Waals surface area contributed by atoms with E-state index >= 15 is 0 Å². The molecule has 1 aliphatic rings. The first-order chi connectivity index (χ1) is 9.60. The number of sulfonamides is 1. The predicted octanol–water partition coefficient (Wildman–Crippen LogP) is 1.87. The molecule has 1 aliphatic heterocycles. The summed E-state index contributed by atoms with van der Waals surface area (Å²) < 4.78 is 22.6. The molecule has 1 aromatic carbocycles. The van der Waals surface area contributed by atoms with Gasteiger partial charge in [0.15, 0.2) is 0 Å². The molecular weight excluding hydrogens is 294 g/mol. The van der Waals surface area contributed by atoms with Crippen LogP contribution in [0.5, 0.6) is 0 Å². The molecule has 1 aromatic rings. The average Bonchev–Trinajstić information content (AvgIpc) is 2.37. The molecular formula is C13H19N3O4S. The summed E-state index contributed by atoms with van der Waals surface area (Å²) in [6, 6.07) is 3.82. The molecule has 21 heavy (non-hydrogen) atoms. The van der Waals surface area contributed by atoms with Gasteiger partial charge in [-0.3, -0.25) is 10.1 Å². The number of benzene rings is 1. The molecule has 1 fully saturated rings. The number of piperidine rings is 1. The zero-order valence-electron chi connectivity index (χ0n) is 12.1. The maximum absolute atomic E-state index is 11.3. The van der Waals surface area contributed by atoms with E-state index in [2.05, 4.69) is 13.8 Å². The number of hydrogen-bond acceptors (Lipinski definition) is 5. The molecule has 2 rings (SSSR count).